The van der Waals surface area contributed by atoms with Crippen LogP contribution in [0.1, 0.15) is 36.3 Å². The van der Waals surface area contributed by atoms with Crippen molar-refractivity contribution in [2.24, 2.45) is 5.92 Å². The molecule has 2 aliphatic rings. The third kappa shape index (κ3) is 3.85. The third-order valence-corrected chi connectivity index (χ3v) is 5.15. The average Bonchev–Trinajstić information content (AvgIpc) is 3.28. The van der Waals surface area contributed by atoms with Gasteiger partial charge in [-0.1, -0.05) is 18.2 Å². The van der Waals surface area contributed by atoms with E-state index in [1.54, 1.807) is 6.07 Å². The van der Waals surface area contributed by atoms with E-state index in [1.807, 2.05) is 0 Å². The van der Waals surface area contributed by atoms with Crippen molar-refractivity contribution in [3.63, 3.8) is 0 Å². The molecule has 0 bridgehead atoms. The molecule has 8 heteroatoms. The maximum Gasteiger partial charge on any atom is 0.416 e. The molecule has 1 aromatic carbocycles. The zero-order valence-electron chi connectivity index (χ0n) is 14.2. The molecule has 1 N–H and O–H groups in total. The monoisotopic (exact) mass is 371 g/mol. The highest BCUT2D eigenvalue weighted by atomic mass is 19.4. The molecule has 1 aromatic rings. The van der Waals surface area contributed by atoms with Gasteiger partial charge in [-0.3, -0.25) is 9.59 Å². The van der Waals surface area contributed by atoms with Gasteiger partial charge in [0, 0.05) is 25.6 Å². The van der Waals surface area contributed by atoms with Crippen LogP contribution in [0.5, 0.6) is 0 Å². The van der Waals surface area contributed by atoms with Gasteiger partial charge in [0.25, 0.3) is 0 Å². The number of carboxylic acids is 1. The first-order valence-corrected chi connectivity index (χ1v) is 8.43. The summed E-state index contributed by atoms with van der Waals surface area (Å²) < 4.78 is 43.8. The lowest BCUT2D eigenvalue weighted by atomic mass is 10.0. The molecule has 1 aliphatic heterocycles. The number of hydrogen-bond acceptors (Lipinski definition) is 3. The van der Waals surface area contributed by atoms with Crippen molar-refractivity contribution in [1.29, 1.82) is 0 Å². The van der Waals surface area contributed by atoms with Crippen LogP contribution < -0.4 is 0 Å². The van der Waals surface area contributed by atoms with E-state index in [9.17, 15) is 22.8 Å². The molecular formula is C18H20F3NO4. The van der Waals surface area contributed by atoms with Gasteiger partial charge < -0.3 is 14.7 Å². The quantitative estimate of drug-likeness (QED) is 0.864. The molecule has 4 atom stereocenters. The summed E-state index contributed by atoms with van der Waals surface area (Å²) in [6.45, 7) is 0.319. The molecule has 142 valence electrons. The number of methoxy groups -OCH3 is 1. The lowest BCUT2D eigenvalue weighted by Crippen LogP contribution is -2.38. The average molecular weight is 371 g/mol. The van der Waals surface area contributed by atoms with E-state index in [0.717, 1.165) is 12.1 Å². The Morgan fingerprint density at radius 3 is 2.65 bits per heavy atom. The fourth-order valence-electron chi connectivity index (χ4n) is 3.70. The van der Waals surface area contributed by atoms with Gasteiger partial charge in [0.05, 0.1) is 18.1 Å². The number of benzene rings is 1. The van der Waals surface area contributed by atoms with Gasteiger partial charge >= 0.3 is 12.1 Å². The SMILES string of the molecule is COC1CC(CC(=O)O)N(C(=O)C2CC2c2cccc(C(F)(F)F)c2)C1. The van der Waals surface area contributed by atoms with Gasteiger partial charge in [-0.2, -0.15) is 13.2 Å². The summed E-state index contributed by atoms with van der Waals surface area (Å²) >= 11 is 0. The summed E-state index contributed by atoms with van der Waals surface area (Å²) in [6, 6.07) is 4.61. The molecule has 4 unspecified atom stereocenters. The summed E-state index contributed by atoms with van der Waals surface area (Å²) in [6.07, 6.45) is -3.86. The number of rotatable bonds is 5. The number of aliphatic carboxylic acids is 1. The summed E-state index contributed by atoms with van der Waals surface area (Å²) in [5, 5.41) is 9.04. The van der Waals surface area contributed by atoms with Crippen LogP contribution in [0, 0.1) is 5.92 Å². The smallest absolute Gasteiger partial charge is 0.416 e. The molecule has 1 amide bonds. The maximum atomic E-state index is 12.9. The van der Waals surface area contributed by atoms with Crippen LogP contribution in [-0.4, -0.2) is 47.7 Å². The second kappa shape index (κ2) is 6.90. The second-order valence-corrected chi connectivity index (χ2v) is 6.91. The minimum atomic E-state index is -4.42. The van der Waals surface area contributed by atoms with Crippen LogP contribution in [0.25, 0.3) is 0 Å². The van der Waals surface area contributed by atoms with Crippen LogP contribution in [0.3, 0.4) is 0 Å². The fraction of sp³-hybridized carbons (Fsp3) is 0.556. The number of carbonyl (C=O) groups is 2. The van der Waals surface area contributed by atoms with Crippen molar-refractivity contribution in [3.8, 4) is 0 Å². The van der Waals surface area contributed by atoms with E-state index in [4.69, 9.17) is 9.84 Å². The summed E-state index contributed by atoms with van der Waals surface area (Å²) in [5.74, 6) is -1.84. The van der Waals surface area contributed by atoms with Crippen molar-refractivity contribution >= 4 is 11.9 Å². The Labute approximate surface area is 148 Å². The molecule has 0 spiro atoms. The lowest BCUT2D eigenvalue weighted by molar-refractivity contribution is -0.140. The van der Waals surface area contributed by atoms with Crippen LogP contribution >= 0.6 is 0 Å². The Morgan fingerprint density at radius 2 is 2.04 bits per heavy atom. The number of nitrogens with zero attached hydrogens (tertiary/aromatic N) is 1. The number of carbonyl (C=O) groups excluding carboxylic acids is 1. The third-order valence-electron chi connectivity index (χ3n) is 5.15. The van der Waals surface area contributed by atoms with E-state index in [1.165, 1.54) is 18.1 Å². The molecule has 1 saturated heterocycles. The van der Waals surface area contributed by atoms with Crippen molar-refractivity contribution in [2.45, 2.75) is 43.5 Å². The minimum absolute atomic E-state index is 0.160. The van der Waals surface area contributed by atoms with Crippen LogP contribution in [0.4, 0.5) is 13.2 Å². The zero-order chi connectivity index (χ0) is 19.1. The number of alkyl halides is 3. The Kier molecular flexibility index (Phi) is 4.96. The molecule has 0 aromatic heterocycles. The Hall–Kier alpha value is -2.09. The molecular weight excluding hydrogens is 351 g/mol. The Bertz CT molecular complexity index is 706. The molecule has 5 nitrogen and oxygen atoms in total. The van der Waals surface area contributed by atoms with Gasteiger partial charge in [0.15, 0.2) is 0 Å². The van der Waals surface area contributed by atoms with Gasteiger partial charge in [-0.05, 0) is 30.4 Å². The number of hydrogen-bond donors (Lipinski definition) is 1. The largest absolute Gasteiger partial charge is 0.481 e. The fourth-order valence-corrected chi connectivity index (χ4v) is 3.70. The molecule has 26 heavy (non-hydrogen) atoms. The van der Waals surface area contributed by atoms with Crippen molar-refractivity contribution in [3.05, 3.63) is 35.4 Å². The first kappa shape index (κ1) is 18.7. The minimum Gasteiger partial charge on any atom is -0.481 e. The Balaban J connectivity index is 1.71. The van der Waals surface area contributed by atoms with Crippen LogP contribution in [0.2, 0.25) is 0 Å². The van der Waals surface area contributed by atoms with E-state index in [0.29, 0.717) is 24.9 Å². The van der Waals surface area contributed by atoms with Crippen molar-refractivity contribution < 1.29 is 32.6 Å². The molecule has 1 heterocycles. The summed E-state index contributed by atoms with van der Waals surface area (Å²) in [4.78, 5) is 25.3. The lowest BCUT2D eigenvalue weighted by Gasteiger charge is -2.23. The first-order chi connectivity index (χ1) is 12.2. The maximum absolute atomic E-state index is 12.9. The van der Waals surface area contributed by atoms with Crippen molar-refractivity contribution in [2.75, 3.05) is 13.7 Å². The van der Waals surface area contributed by atoms with E-state index < -0.39 is 29.7 Å². The topological polar surface area (TPSA) is 66.8 Å². The van der Waals surface area contributed by atoms with Gasteiger partial charge in [-0.15, -0.1) is 0 Å². The van der Waals surface area contributed by atoms with Gasteiger partial charge in [-0.25, -0.2) is 0 Å². The normalized spacial score (nSPS) is 28.2. The number of ether oxygens (including phenoxy) is 1. The summed E-state index contributed by atoms with van der Waals surface area (Å²) in [7, 11) is 1.51. The van der Waals surface area contributed by atoms with Gasteiger partial charge in [0.2, 0.25) is 5.91 Å². The predicted molar refractivity (Wildman–Crippen MR) is 85.5 cm³/mol. The highest BCUT2D eigenvalue weighted by Crippen LogP contribution is 2.50. The van der Waals surface area contributed by atoms with E-state index in [-0.39, 0.29) is 24.3 Å². The number of halogens is 3. The van der Waals surface area contributed by atoms with Crippen LogP contribution in [-0.2, 0) is 20.5 Å². The number of likely N-dealkylation sites (tertiary alicyclic amines) is 1. The molecule has 1 saturated carbocycles. The zero-order valence-corrected chi connectivity index (χ0v) is 14.2. The standard InChI is InChI=1S/C18H20F3NO4/c1-26-13-6-12(7-16(23)24)22(9-13)17(25)15-8-14(15)10-3-2-4-11(5-10)18(19,20)21/h2-5,12-15H,6-9H2,1H3,(H,23,24). The van der Waals surface area contributed by atoms with E-state index in [2.05, 4.69) is 0 Å². The highest BCUT2D eigenvalue weighted by Gasteiger charge is 2.49. The van der Waals surface area contributed by atoms with Gasteiger partial charge in [0.1, 0.15) is 0 Å². The number of carboxylic acid groups (broad SMARTS) is 1. The summed E-state index contributed by atoms with van der Waals surface area (Å²) in [5.41, 5.74) is -0.229. The predicted octanol–water partition coefficient (Wildman–Crippen LogP) is 2.90. The highest BCUT2D eigenvalue weighted by molar-refractivity contribution is 5.84. The van der Waals surface area contributed by atoms with E-state index >= 15 is 0 Å². The molecule has 0 radical (unpaired) electrons. The molecule has 3 rings (SSSR count). The molecule has 1 aliphatic carbocycles. The number of amides is 1. The molecule has 2 fully saturated rings. The van der Waals surface area contributed by atoms with Crippen LogP contribution in [0.15, 0.2) is 24.3 Å². The first-order valence-electron chi connectivity index (χ1n) is 8.43. The van der Waals surface area contributed by atoms with Crippen molar-refractivity contribution in [1.82, 2.24) is 4.90 Å². The Morgan fingerprint density at radius 1 is 1.31 bits per heavy atom. The second-order valence-electron chi connectivity index (χ2n) is 6.91.